The van der Waals surface area contributed by atoms with Crippen LogP contribution in [0.1, 0.15) is 11.1 Å². The molecule has 0 saturated carbocycles. The molecule has 4 heteroatoms. The number of rotatable bonds is 3. The molecular weight excluding hydrogens is 304 g/mol. The van der Waals surface area contributed by atoms with Gasteiger partial charge in [0.05, 0.1) is 11.8 Å². The topological polar surface area (TPSA) is 52.6 Å². The summed E-state index contributed by atoms with van der Waals surface area (Å²) < 4.78 is 10.7. The second-order valence-electron chi connectivity index (χ2n) is 5.69. The maximum absolute atomic E-state index is 12.2. The first-order valence-electron chi connectivity index (χ1n) is 7.70. The van der Waals surface area contributed by atoms with Crippen LogP contribution in [0.25, 0.3) is 11.5 Å². The lowest BCUT2D eigenvalue weighted by atomic mass is 9.92. The summed E-state index contributed by atoms with van der Waals surface area (Å²) in [7, 11) is 0. The highest BCUT2D eigenvalue weighted by Crippen LogP contribution is 2.37. The van der Waals surface area contributed by atoms with Crippen LogP contribution in [-0.4, -0.2) is 11.9 Å². The van der Waals surface area contributed by atoms with E-state index in [-0.39, 0.29) is 0 Å². The van der Waals surface area contributed by atoms with Crippen molar-refractivity contribution in [2.45, 2.75) is 0 Å². The molecular formula is C20H14O4. The summed E-state index contributed by atoms with van der Waals surface area (Å²) in [6, 6.07) is 18.7. The third kappa shape index (κ3) is 2.52. The van der Waals surface area contributed by atoms with E-state index in [9.17, 15) is 9.59 Å². The van der Waals surface area contributed by atoms with E-state index < -0.39 is 23.8 Å². The quantitative estimate of drug-likeness (QED) is 0.814. The van der Waals surface area contributed by atoms with Gasteiger partial charge in [-0.2, -0.15) is 0 Å². The normalized spacial score (nSPS) is 22.7. The van der Waals surface area contributed by atoms with Crippen LogP contribution in [0.2, 0.25) is 0 Å². The zero-order valence-corrected chi connectivity index (χ0v) is 12.7. The number of esters is 2. The average molecular weight is 318 g/mol. The lowest BCUT2D eigenvalue weighted by molar-refractivity contribution is -0.146. The van der Waals surface area contributed by atoms with Gasteiger partial charge in [-0.15, -0.1) is 0 Å². The van der Waals surface area contributed by atoms with Crippen molar-refractivity contribution in [2.24, 2.45) is 11.8 Å². The molecule has 0 amide bonds. The summed E-state index contributed by atoms with van der Waals surface area (Å²) in [5.74, 6) is -1.20. The van der Waals surface area contributed by atoms with Gasteiger partial charge in [0, 0.05) is 11.1 Å². The van der Waals surface area contributed by atoms with Gasteiger partial charge in [0.1, 0.15) is 11.5 Å². The van der Waals surface area contributed by atoms with Crippen molar-refractivity contribution in [1.29, 1.82) is 0 Å². The summed E-state index contributed by atoms with van der Waals surface area (Å²) in [5, 5.41) is 0. The molecule has 0 bridgehead atoms. The van der Waals surface area contributed by atoms with Gasteiger partial charge in [0.2, 0.25) is 0 Å². The van der Waals surface area contributed by atoms with E-state index >= 15 is 0 Å². The number of hydrogen-bond acceptors (Lipinski definition) is 4. The SMILES string of the molecule is O=C1OC(c2ccccc2)=CC1C1C=C(c2ccccc2)OC1=O. The molecule has 2 unspecified atom stereocenters. The van der Waals surface area contributed by atoms with Crippen molar-refractivity contribution in [3.8, 4) is 0 Å². The monoisotopic (exact) mass is 318 g/mol. The van der Waals surface area contributed by atoms with E-state index in [1.54, 1.807) is 12.2 Å². The summed E-state index contributed by atoms with van der Waals surface area (Å²) >= 11 is 0. The van der Waals surface area contributed by atoms with Gasteiger partial charge >= 0.3 is 11.9 Å². The Hall–Kier alpha value is -3.14. The van der Waals surface area contributed by atoms with Crippen LogP contribution in [0.4, 0.5) is 0 Å². The predicted molar refractivity (Wildman–Crippen MR) is 88.0 cm³/mol. The zero-order valence-electron chi connectivity index (χ0n) is 12.7. The third-order valence-corrected chi connectivity index (χ3v) is 4.13. The van der Waals surface area contributed by atoms with E-state index in [0.717, 1.165) is 11.1 Å². The predicted octanol–water partition coefficient (Wildman–Crippen LogP) is 3.41. The number of hydrogen-bond donors (Lipinski definition) is 0. The van der Waals surface area contributed by atoms with Crippen molar-refractivity contribution < 1.29 is 19.1 Å². The molecule has 0 N–H and O–H groups in total. The molecule has 4 rings (SSSR count). The Morgan fingerprint density at radius 3 is 1.33 bits per heavy atom. The first-order chi connectivity index (χ1) is 11.7. The van der Waals surface area contributed by atoms with E-state index in [0.29, 0.717) is 11.5 Å². The molecule has 2 aliphatic rings. The second-order valence-corrected chi connectivity index (χ2v) is 5.69. The standard InChI is InChI=1S/C20H14O4/c21-19-15(11-17(23-19)13-7-3-1-4-8-13)16-12-18(24-20(16)22)14-9-5-2-6-10-14/h1-12,15-16H. The molecule has 118 valence electrons. The Labute approximate surface area is 139 Å². The largest absolute Gasteiger partial charge is 0.426 e. The fourth-order valence-electron chi connectivity index (χ4n) is 2.90. The summed E-state index contributed by atoms with van der Waals surface area (Å²) in [6.45, 7) is 0. The molecule has 0 radical (unpaired) electrons. The minimum absolute atomic E-state index is 0.429. The number of cyclic esters (lactones) is 2. The van der Waals surface area contributed by atoms with Crippen LogP contribution in [0.5, 0.6) is 0 Å². The minimum atomic E-state index is -0.658. The van der Waals surface area contributed by atoms with Crippen LogP contribution < -0.4 is 0 Å². The molecule has 2 atom stereocenters. The fraction of sp³-hybridized carbons (Fsp3) is 0.100. The highest BCUT2D eigenvalue weighted by Gasteiger charge is 2.42. The Bertz CT molecular complexity index is 776. The van der Waals surface area contributed by atoms with Gasteiger partial charge < -0.3 is 9.47 Å². The van der Waals surface area contributed by atoms with Gasteiger partial charge in [0.25, 0.3) is 0 Å². The summed E-state index contributed by atoms with van der Waals surface area (Å²) in [6.07, 6.45) is 3.40. The molecule has 0 spiro atoms. The van der Waals surface area contributed by atoms with Gasteiger partial charge in [-0.1, -0.05) is 60.7 Å². The van der Waals surface area contributed by atoms with Crippen LogP contribution >= 0.6 is 0 Å². The number of carbonyl (C=O) groups is 2. The smallest absolute Gasteiger partial charge is 0.319 e. The second kappa shape index (κ2) is 5.81. The third-order valence-electron chi connectivity index (χ3n) is 4.13. The van der Waals surface area contributed by atoms with Gasteiger partial charge in [-0.3, -0.25) is 9.59 Å². The Balaban J connectivity index is 1.64. The molecule has 0 fully saturated rings. The van der Waals surface area contributed by atoms with Crippen molar-refractivity contribution in [3.05, 3.63) is 83.9 Å². The first-order valence-corrected chi connectivity index (χ1v) is 7.70. The van der Waals surface area contributed by atoms with E-state index in [4.69, 9.17) is 9.47 Å². The van der Waals surface area contributed by atoms with Crippen LogP contribution in [0.3, 0.4) is 0 Å². The van der Waals surface area contributed by atoms with E-state index in [1.165, 1.54) is 0 Å². The molecule has 2 aromatic rings. The lowest BCUT2D eigenvalue weighted by Crippen LogP contribution is -2.23. The summed E-state index contributed by atoms with van der Waals surface area (Å²) in [5.41, 5.74) is 1.62. The molecule has 2 aromatic carbocycles. The van der Waals surface area contributed by atoms with E-state index in [1.807, 2.05) is 60.7 Å². The molecule has 24 heavy (non-hydrogen) atoms. The van der Waals surface area contributed by atoms with Gasteiger partial charge in [-0.05, 0) is 12.2 Å². The zero-order chi connectivity index (χ0) is 16.5. The fourth-order valence-corrected chi connectivity index (χ4v) is 2.90. The maximum Gasteiger partial charge on any atom is 0.319 e. The minimum Gasteiger partial charge on any atom is -0.426 e. The molecule has 2 aliphatic heterocycles. The molecule has 4 nitrogen and oxygen atoms in total. The van der Waals surface area contributed by atoms with Gasteiger partial charge in [0.15, 0.2) is 0 Å². The van der Waals surface area contributed by atoms with Crippen molar-refractivity contribution in [1.82, 2.24) is 0 Å². The number of benzene rings is 2. The van der Waals surface area contributed by atoms with Crippen molar-refractivity contribution >= 4 is 23.5 Å². The van der Waals surface area contributed by atoms with Gasteiger partial charge in [-0.25, -0.2) is 0 Å². The summed E-state index contributed by atoms with van der Waals surface area (Å²) in [4.78, 5) is 24.4. The van der Waals surface area contributed by atoms with Crippen molar-refractivity contribution in [3.63, 3.8) is 0 Å². The number of carbonyl (C=O) groups excluding carboxylic acids is 2. The Kier molecular flexibility index (Phi) is 3.50. The van der Waals surface area contributed by atoms with E-state index in [2.05, 4.69) is 0 Å². The van der Waals surface area contributed by atoms with Crippen LogP contribution in [-0.2, 0) is 19.1 Å². The molecule has 0 saturated heterocycles. The first kappa shape index (κ1) is 14.5. The molecule has 0 aliphatic carbocycles. The molecule has 2 heterocycles. The highest BCUT2D eigenvalue weighted by atomic mass is 16.6. The Morgan fingerprint density at radius 2 is 0.958 bits per heavy atom. The average Bonchev–Trinajstić information content (AvgIpc) is 3.19. The number of ether oxygens (including phenoxy) is 2. The Morgan fingerprint density at radius 1 is 0.583 bits per heavy atom. The van der Waals surface area contributed by atoms with Crippen LogP contribution in [0, 0.1) is 11.8 Å². The lowest BCUT2D eigenvalue weighted by Gasteiger charge is -2.07. The van der Waals surface area contributed by atoms with Crippen molar-refractivity contribution in [2.75, 3.05) is 0 Å². The highest BCUT2D eigenvalue weighted by molar-refractivity contribution is 5.96. The maximum atomic E-state index is 12.2. The molecule has 0 aromatic heterocycles. The van der Waals surface area contributed by atoms with Crippen LogP contribution in [0.15, 0.2) is 72.8 Å².